The maximum Gasteiger partial charge on any atom is 0.251 e. The van der Waals surface area contributed by atoms with Gasteiger partial charge in [-0.15, -0.1) is 0 Å². The van der Waals surface area contributed by atoms with Crippen LogP contribution in [-0.4, -0.2) is 69.3 Å². The average Bonchev–Trinajstić information content (AvgIpc) is 2.25. The summed E-state index contributed by atoms with van der Waals surface area (Å²) in [5, 5.41) is 0. The molecule has 0 aromatic carbocycles. The Morgan fingerprint density at radius 1 is 0.250 bits per heavy atom. The van der Waals surface area contributed by atoms with E-state index in [4.69, 9.17) is 44.3 Å². The smallest absolute Gasteiger partial charge is 0.152 e. The highest BCUT2D eigenvalue weighted by atomic mass is 35.8. The van der Waals surface area contributed by atoms with Gasteiger partial charge in [0.2, 0.25) is 0 Å². The monoisotopic (exact) mass is 690 g/mol. The fourth-order valence-electron chi connectivity index (χ4n) is 10.0. The lowest BCUT2D eigenvalue weighted by Gasteiger charge is -2.69. The summed E-state index contributed by atoms with van der Waals surface area (Å²) in [6.07, 6.45) is -4.25. The first kappa shape index (κ1) is 35.3. The average molecular weight is 693 g/mol. The first-order chi connectivity index (χ1) is 13.2. The van der Waals surface area contributed by atoms with E-state index >= 15 is 0 Å². The van der Waals surface area contributed by atoms with Crippen LogP contribution in [0, 0.1) is 0 Å². The second-order valence-corrected chi connectivity index (χ2v) is 139. The van der Waals surface area contributed by atoms with Gasteiger partial charge in [-0.3, -0.25) is 0 Å². The molecule has 0 bridgehead atoms. The van der Waals surface area contributed by atoms with Gasteiger partial charge in [-0.1, -0.05) is 118 Å². The minimum atomic E-state index is -2.98. The summed E-state index contributed by atoms with van der Waals surface area (Å²) in [6, 6.07) is 0. The second kappa shape index (κ2) is 9.51. The van der Waals surface area contributed by atoms with Crippen molar-refractivity contribution in [2.75, 3.05) is 0 Å². The van der Waals surface area contributed by atoms with E-state index in [0.29, 0.717) is 0 Å². The van der Waals surface area contributed by atoms with Crippen LogP contribution in [0.2, 0.25) is 118 Å². The molecule has 0 saturated heterocycles. The van der Waals surface area contributed by atoms with Crippen molar-refractivity contribution in [1.29, 1.82) is 0 Å². The minimum absolute atomic E-state index is 1.71. The van der Waals surface area contributed by atoms with Crippen LogP contribution in [0.15, 0.2) is 0 Å². The molecule has 0 N–H and O–H groups in total. The highest BCUT2D eigenvalue weighted by Crippen LogP contribution is 2.58. The number of hydrogen-bond donors (Lipinski definition) is 0. The highest BCUT2D eigenvalue weighted by molar-refractivity contribution is 8.39. The normalized spacial score (nSPS) is 17.1. The molecule has 0 atom stereocenters. The molecule has 0 rings (SSSR count). The lowest BCUT2D eigenvalue weighted by Crippen LogP contribution is -3.03. The van der Waals surface area contributed by atoms with Gasteiger partial charge in [-0.25, -0.2) is 0 Å². The maximum absolute atomic E-state index is 8.28. The van der Waals surface area contributed by atoms with Crippen LogP contribution < -0.4 is 0 Å². The minimum Gasteiger partial charge on any atom is -0.152 e. The largest absolute Gasteiger partial charge is 0.251 e. The predicted molar refractivity (Wildman–Crippen MR) is 187 cm³/mol. The molecule has 0 nitrogen and oxygen atoms in total. The molecule has 0 aliphatic heterocycles. The van der Waals surface area contributed by atoms with Crippen molar-refractivity contribution in [3.63, 3.8) is 0 Å². The summed E-state index contributed by atoms with van der Waals surface area (Å²) >= 11 is 33.1. The quantitative estimate of drug-likeness (QED) is 0.167. The zero-order valence-corrected chi connectivity index (χ0v) is 37.5. The van der Waals surface area contributed by atoms with Gasteiger partial charge >= 0.3 is 0 Å². The van der Waals surface area contributed by atoms with Gasteiger partial charge in [0, 0.05) is 45.5 Å². The maximum atomic E-state index is 8.28. The summed E-state index contributed by atoms with van der Waals surface area (Å²) in [6.45, 7) is 46.8. The fourth-order valence-corrected chi connectivity index (χ4v) is 526. The third-order valence-electron chi connectivity index (χ3n) is 8.09. The van der Waals surface area contributed by atoms with Gasteiger partial charge in [-0.2, -0.15) is 44.3 Å². The fraction of sp³-hybridized carbons (Fsp3) is 1.00. The Hall–Kier alpha value is 3.33. The molecule has 0 aromatic rings. The van der Waals surface area contributed by atoms with Crippen LogP contribution in [0.5, 0.6) is 0 Å². The third-order valence-corrected chi connectivity index (χ3v) is 290. The summed E-state index contributed by atoms with van der Waals surface area (Å²) < 4.78 is 0. The van der Waals surface area contributed by atoms with E-state index in [0.717, 1.165) is 0 Å². The summed E-state index contributed by atoms with van der Waals surface area (Å²) in [4.78, 5) is 0. The molecular formula is C18H54Cl4Si10. The molecule has 14 heteroatoms. The standard InChI is InChI=1S/C18H54Cl4Si10/c1-23(2,3)31(24(4,5)6,25(7,8)9)29(19,20)30(21,22)32(26(10,11)12,27(13,14)15)28(16,17)18/h1-18H3. The van der Waals surface area contributed by atoms with Crippen molar-refractivity contribution in [1.82, 2.24) is 0 Å². The molecule has 0 aliphatic rings. The van der Waals surface area contributed by atoms with E-state index in [2.05, 4.69) is 118 Å². The van der Waals surface area contributed by atoms with Crippen molar-refractivity contribution in [2.24, 2.45) is 0 Å². The molecular weight excluding hydrogens is 639 g/mol. The first-order valence-electron chi connectivity index (χ1n) is 12.0. The van der Waals surface area contributed by atoms with Crippen molar-refractivity contribution in [3.05, 3.63) is 0 Å². The molecule has 0 radical (unpaired) electrons. The Morgan fingerprint density at radius 3 is 0.406 bits per heavy atom. The van der Waals surface area contributed by atoms with Gasteiger partial charge in [0.25, 0.3) is 11.5 Å². The predicted octanol–water partition coefficient (Wildman–Crippen LogP) is 9.46. The summed E-state index contributed by atoms with van der Waals surface area (Å²) in [5.74, 6) is 0. The number of hydrogen-bond acceptors (Lipinski definition) is 0. The molecule has 0 aliphatic carbocycles. The molecule has 0 saturated carbocycles. The highest BCUT2D eigenvalue weighted by Gasteiger charge is 2.86. The number of halogens is 4. The molecule has 0 amide bonds. The Kier molecular flexibility index (Phi) is 10.5. The van der Waals surface area contributed by atoms with Gasteiger partial charge in [0.15, 0.2) is 0 Å². The number of rotatable bonds is 9. The third kappa shape index (κ3) is 4.90. The van der Waals surface area contributed by atoms with Crippen molar-refractivity contribution >= 4 is 114 Å². The van der Waals surface area contributed by atoms with Gasteiger partial charge in [0.05, 0.1) is 12.3 Å². The van der Waals surface area contributed by atoms with E-state index in [1.165, 1.54) is 0 Å². The lowest BCUT2D eigenvalue weighted by atomic mass is 11.8. The van der Waals surface area contributed by atoms with Crippen molar-refractivity contribution < 1.29 is 0 Å². The molecule has 0 spiro atoms. The molecule has 194 valence electrons. The Morgan fingerprint density at radius 2 is 0.344 bits per heavy atom. The zero-order valence-electron chi connectivity index (χ0n) is 24.5. The van der Waals surface area contributed by atoms with Crippen LogP contribution in [-0.2, 0) is 0 Å². The summed E-state index contributed by atoms with van der Waals surface area (Å²) in [7, 11) is -10.3. The van der Waals surface area contributed by atoms with E-state index in [1.807, 2.05) is 0 Å². The summed E-state index contributed by atoms with van der Waals surface area (Å²) in [5.41, 5.74) is -5.96. The van der Waals surface area contributed by atoms with Crippen molar-refractivity contribution in [3.8, 4) is 0 Å². The molecule has 0 fully saturated rings. The van der Waals surface area contributed by atoms with Gasteiger partial charge in [0.1, 0.15) is 0 Å². The topological polar surface area (TPSA) is 0 Å². The Bertz CT molecular complexity index is 551. The van der Waals surface area contributed by atoms with E-state index in [-0.39, 0.29) is 0 Å². The van der Waals surface area contributed by atoms with E-state index in [1.54, 1.807) is 0 Å². The lowest BCUT2D eigenvalue weighted by molar-refractivity contribution is 1.75. The first-order valence-corrected chi connectivity index (χ1v) is 54.1. The SMILES string of the molecule is C[Si](C)(C)[Si]([Si](C)(C)C)([Si](C)(C)C)[Si](Cl)(Cl)[Si](Cl)(Cl)[Si]([Si](C)(C)C)([Si](C)(C)C)[Si](C)(C)C. The van der Waals surface area contributed by atoms with Gasteiger partial charge < -0.3 is 0 Å². The van der Waals surface area contributed by atoms with E-state index in [9.17, 15) is 0 Å². The Balaban J connectivity index is 8.24. The molecule has 0 heterocycles. The van der Waals surface area contributed by atoms with Crippen LogP contribution in [0.1, 0.15) is 0 Å². The second-order valence-electron chi connectivity index (χ2n) is 16.1. The van der Waals surface area contributed by atoms with E-state index < -0.39 is 69.3 Å². The van der Waals surface area contributed by atoms with Crippen LogP contribution in [0.4, 0.5) is 0 Å². The van der Waals surface area contributed by atoms with Crippen LogP contribution >= 0.6 is 44.3 Å². The zero-order chi connectivity index (χ0) is 27.0. The Labute approximate surface area is 229 Å². The van der Waals surface area contributed by atoms with Crippen molar-refractivity contribution in [2.45, 2.75) is 118 Å². The molecule has 0 unspecified atom stereocenters. The molecule has 0 aromatic heterocycles. The van der Waals surface area contributed by atoms with Gasteiger partial charge in [-0.05, 0) is 0 Å². The van der Waals surface area contributed by atoms with Crippen LogP contribution in [0.25, 0.3) is 0 Å². The molecule has 32 heavy (non-hydrogen) atoms. The van der Waals surface area contributed by atoms with Crippen LogP contribution in [0.3, 0.4) is 0 Å².